The van der Waals surface area contributed by atoms with Crippen molar-refractivity contribution in [1.82, 2.24) is 18.7 Å². The van der Waals surface area contributed by atoms with E-state index < -0.39 is 11.2 Å². The molecule has 0 spiro atoms. The lowest BCUT2D eigenvalue weighted by Gasteiger charge is -2.08. The van der Waals surface area contributed by atoms with Crippen molar-refractivity contribution in [2.24, 2.45) is 14.1 Å². The predicted molar refractivity (Wildman–Crippen MR) is 96.5 cm³/mol. The zero-order chi connectivity index (χ0) is 18.8. The van der Waals surface area contributed by atoms with E-state index in [4.69, 9.17) is 4.74 Å². The number of anilines is 1. The third kappa shape index (κ3) is 3.10. The van der Waals surface area contributed by atoms with Crippen LogP contribution >= 0.6 is 0 Å². The highest BCUT2D eigenvalue weighted by Gasteiger charge is 2.14. The molecule has 1 aromatic carbocycles. The molecular weight excluding hydrogens is 338 g/mol. The van der Waals surface area contributed by atoms with Crippen LogP contribution in [0.4, 0.5) is 5.69 Å². The molecule has 0 aliphatic rings. The fraction of sp³-hybridized carbons (Fsp3) is 0.294. The first-order valence-electron chi connectivity index (χ1n) is 7.97. The summed E-state index contributed by atoms with van der Waals surface area (Å²) in [6.45, 7) is 0.264. The van der Waals surface area contributed by atoms with E-state index in [0.717, 1.165) is 4.57 Å². The molecule has 0 bridgehead atoms. The number of benzene rings is 1. The maximum atomic E-state index is 12.4. The van der Waals surface area contributed by atoms with Crippen molar-refractivity contribution in [2.75, 3.05) is 12.4 Å². The van der Waals surface area contributed by atoms with Gasteiger partial charge in [-0.15, -0.1) is 0 Å². The third-order valence-electron chi connectivity index (χ3n) is 4.15. The van der Waals surface area contributed by atoms with Crippen LogP contribution in [0.2, 0.25) is 0 Å². The van der Waals surface area contributed by atoms with Crippen LogP contribution in [0.25, 0.3) is 11.2 Å². The number of carbonyl (C=O) groups is 1. The van der Waals surface area contributed by atoms with E-state index in [2.05, 4.69) is 10.3 Å². The second-order valence-corrected chi connectivity index (χ2v) is 5.85. The Morgan fingerprint density at radius 3 is 2.73 bits per heavy atom. The molecule has 0 aliphatic heterocycles. The van der Waals surface area contributed by atoms with Crippen LogP contribution in [0.3, 0.4) is 0 Å². The SMILES string of the molecule is COc1cccc(NC(=O)CCn2cnc3c2c(=O)n(C)c(=O)n3C)c1. The summed E-state index contributed by atoms with van der Waals surface area (Å²) in [4.78, 5) is 40.6. The molecule has 0 fully saturated rings. The molecule has 0 saturated heterocycles. The second-order valence-electron chi connectivity index (χ2n) is 5.85. The van der Waals surface area contributed by atoms with E-state index in [9.17, 15) is 14.4 Å². The molecule has 3 aromatic rings. The van der Waals surface area contributed by atoms with Gasteiger partial charge in [-0.3, -0.25) is 18.7 Å². The number of imidazole rings is 1. The number of nitrogens with one attached hydrogen (secondary N) is 1. The normalized spacial score (nSPS) is 10.9. The first kappa shape index (κ1) is 17.5. The number of methoxy groups -OCH3 is 1. The zero-order valence-corrected chi connectivity index (χ0v) is 14.7. The summed E-state index contributed by atoms with van der Waals surface area (Å²) in [5, 5.41) is 2.78. The molecule has 2 heterocycles. The molecule has 3 rings (SSSR count). The maximum absolute atomic E-state index is 12.4. The van der Waals surface area contributed by atoms with Crippen molar-refractivity contribution < 1.29 is 9.53 Å². The maximum Gasteiger partial charge on any atom is 0.332 e. The highest BCUT2D eigenvalue weighted by molar-refractivity contribution is 5.90. The smallest absolute Gasteiger partial charge is 0.332 e. The van der Waals surface area contributed by atoms with Gasteiger partial charge >= 0.3 is 5.69 Å². The second kappa shape index (κ2) is 6.87. The number of hydrogen-bond acceptors (Lipinski definition) is 5. The number of ether oxygens (including phenoxy) is 1. The summed E-state index contributed by atoms with van der Waals surface area (Å²) < 4.78 is 9.04. The summed E-state index contributed by atoms with van der Waals surface area (Å²) in [5.41, 5.74) is 0.343. The lowest BCUT2D eigenvalue weighted by Crippen LogP contribution is -2.37. The van der Waals surface area contributed by atoms with Gasteiger partial charge in [0.05, 0.1) is 13.4 Å². The van der Waals surface area contributed by atoms with E-state index in [1.165, 1.54) is 17.9 Å². The molecule has 0 saturated carbocycles. The summed E-state index contributed by atoms with van der Waals surface area (Å²) in [6, 6.07) is 7.05. The van der Waals surface area contributed by atoms with E-state index in [1.54, 1.807) is 43.0 Å². The summed E-state index contributed by atoms with van der Waals surface area (Å²) in [6.07, 6.45) is 1.61. The number of aromatic nitrogens is 4. The third-order valence-corrected chi connectivity index (χ3v) is 4.15. The fourth-order valence-electron chi connectivity index (χ4n) is 2.71. The van der Waals surface area contributed by atoms with Gasteiger partial charge in [0.1, 0.15) is 5.75 Å². The Hall–Kier alpha value is -3.36. The van der Waals surface area contributed by atoms with Crippen LogP contribution in [0.15, 0.2) is 40.2 Å². The first-order valence-corrected chi connectivity index (χ1v) is 7.97. The fourth-order valence-corrected chi connectivity index (χ4v) is 2.71. The van der Waals surface area contributed by atoms with Crippen LogP contribution in [-0.4, -0.2) is 31.7 Å². The minimum atomic E-state index is -0.441. The Balaban J connectivity index is 1.79. The Morgan fingerprint density at radius 1 is 1.23 bits per heavy atom. The lowest BCUT2D eigenvalue weighted by molar-refractivity contribution is -0.116. The largest absolute Gasteiger partial charge is 0.497 e. The molecule has 26 heavy (non-hydrogen) atoms. The van der Waals surface area contributed by atoms with Crippen molar-refractivity contribution in [2.45, 2.75) is 13.0 Å². The molecule has 2 aromatic heterocycles. The van der Waals surface area contributed by atoms with Gasteiger partial charge in [-0.25, -0.2) is 9.78 Å². The van der Waals surface area contributed by atoms with Crippen LogP contribution in [0.1, 0.15) is 6.42 Å². The highest BCUT2D eigenvalue weighted by Crippen LogP contribution is 2.17. The Labute approximate surface area is 148 Å². The number of nitrogens with zero attached hydrogens (tertiary/aromatic N) is 4. The Morgan fingerprint density at radius 2 is 2.00 bits per heavy atom. The Kier molecular flexibility index (Phi) is 4.61. The van der Waals surface area contributed by atoms with Gasteiger partial charge < -0.3 is 14.6 Å². The van der Waals surface area contributed by atoms with Gasteiger partial charge in [-0.2, -0.15) is 0 Å². The van der Waals surface area contributed by atoms with Crippen LogP contribution in [0, 0.1) is 0 Å². The molecule has 136 valence electrons. The molecule has 9 nitrogen and oxygen atoms in total. The molecule has 0 aliphatic carbocycles. The van der Waals surface area contributed by atoms with Crippen LogP contribution in [0.5, 0.6) is 5.75 Å². The van der Waals surface area contributed by atoms with E-state index in [-0.39, 0.29) is 18.9 Å². The average molecular weight is 357 g/mol. The number of aryl methyl sites for hydroxylation is 2. The van der Waals surface area contributed by atoms with Gasteiger partial charge in [0.25, 0.3) is 5.56 Å². The molecule has 1 amide bonds. The first-order chi connectivity index (χ1) is 12.4. The standard InChI is InChI=1S/C17H19N5O4/c1-20-15-14(16(24)21(2)17(20)25)22(10-18-15)8-7-13(23)19-11-5-4-6-12(9-11)26-3/h4-6,9-10H,7-8H2,1-3H3,(H,19,23). The lowest BCUT2D eigenvalue weighted by atomic mass is 10.3. The topological polar surface area (TPSA) is 100 Å². The monoisotopic (exact) mass is 357 g/mol. The molecular formula is C17H19N5O4. The average Bonchev–Trinajstić information content (AvgIpc) is 3.07. The molecule has 0 radical (unpaired) electrons. The number of amides is 1. The number of rotatable bonds is 5. The number of hydrogen-bond donors (Lipinski definition) is 1. The Bertz CT molecular complexity index is 1090. The van der Waals surface area contributed by atoms with E-state index >= 15 is 0 Å². The quantitative estimate of drug-likeness (QED) is 0.715. The van der Waals surface area contributed by atoms with Crippen molar-refractivity contribution in [3.8, 4) is 5.75 Å². The van der Waals surface area contributed by atoms with Crippen molar-refractivity contribution in [3.63, 3.8) is 0 Å². The van der Waals surface area contributed by atoms with Crippen LogP contribution < -0.4 is 21.3 Å². The van der Waals surface area contributed by atoms with E-state index in [0.29, 0.717) is 22.6 Å². The minimum absolute atomic E-state index is 0.147. The summed E-state index contributed by atoms with van der Waals surface area (Å²) in [5.74, 6) is 0.439. The summed E-state index contributed by atoms with van der Waals surface area (Å²) >= 11 is 0. The predicted octanol–water partition coefficient (Wildman–Crippen LogP) is 0.471. The molecule has 9 heteroatoms. The molecule has 0 unspecified atom stereocenters. The van der Waals surface area contributed by atoms with Gasteiger partial charge in [-0.1, -0.05) is 6.07 Å². The molecule has 1 N–H and O–H groups in total. The van der Waals surface area contributed by atoms with Crippen LogP contribution in [-0.2, 0) is 25.4 Å². The number of fused-ring (bicyclic) bond motifs is 1. The van der Waals surface area contributed by atoms with Gasteiger partial charge in [0.15, 0.2) is 11.2 Å². The molecule has 0 atom stereocenters. The highest BCUT2D eigenvalue weighted by atomic mass is 16.5. The van der Waals surface area contributed by atoms with Gasteiger partial charge in [0, 0.05) is 38.8 Å². The minimum Gasteiger partial charge on any atom is -0.497 e. The summed E-state index contributed by atoms with van der Waals surface area (Å²) in [7, 11) is 4.52. The van der Waals surface area contributed by atoms with Crippen molar-refractivity contribution >= 4 is 22.8 Å². The van der Waals surface area contributed by atoms with Gasteiger partial charge in [0.2, 0.25) is 5.91 Å². The van der Waals surface area contributed by atoms with Crippen molar-refractivity contribution in [3.05, 3.63) is 51.4 Å². The number of carbonyl (C=O) groups excluding carboxylic acids is 1. The van der Waals surface area contributed by atoms with Gasteiger partial charge in [-0.05, 0) is 12.1 Å². The zero-order valence-electron chi connectivity index (χ0n) is 14.7. The van der Waals surface area contributed by atoms with E-state index in [1.807, 2.05) is 0 Å². The van der Waals surface area contributed by atoms with Crippen molar-refractivity contribution in [1.29, 1.82) is 0 Å².